The second-order valence-electron chi connectivity index (χ2n) is 4.82. The maximum atomic E-state index is 13.2. The second kappa shape index (κ2) is 6.31. The highest BCUT2D eigenvalue weighted by Crippen LogP contribution is 2.16. The molecule has 0 saturated heterocycles. The van der Waals surface area contributed by atoms with Crippen molar-refractivity contribution in [1.82, 2.24) is 4.72 Å². The molecule has 1 atom stereocenters. The Morgan fingerprint density at radius 2 is 2.15 bits per heavy atom. The lowest BCUT2D eigenvalue weighted by Crippen LogP contribution is -2.40. The summed E-state index contributed by atoms with van der Waals surface area (Å²) < 4.78 is 39.4. The third-order valence-electron chi connectivity index (χ3n) is 2.80. The van der Waals surface area contributed by atoms with Gasteiger partial charge in [0.1, 0.15) is 11.9 Å². The van der Waals surface area contributed by atoms with Crippen molar-refractivity contribution in [2.75, 3.05) is 6.54 Å². The fourth-order valence-electron chi connectivity index (χ4n) is 1.72. The van der Waals surface area contributed by atoms with Crippen LogP contribution in [0.4, 0.5) is 4.39 Å². The van der Waals surface area contributed by atoms with Gasteiger partial charge < -0.3 is 5.11 Å². The van der Waals surface area contributed by atoms with Gasteiger partial charge in [-0.15, -0.1) is 0 Å². The number of sulfonamides is 1. The quantitative estimate of drug-likeness (QED) is 0.833. The predicted octanol–water partition coefficient (Wildman–Crippen LogP) is 1.53. The van der Waals surface area contributed by atoms with Crippen molar-refractivity contribution in [3.05, 3.63) is 29.6 Å². The number of rotatable bonds is 6. The van der Waals surface area contributed by atoms with E-state index in [1.807, 2.05) is 6.92 Å². The maximum absolute atomic E-state index is 13.2. The summed E-state index contributed by atoms with van der Waals surface area (Å²) >= 11 is 0. The molecule has 0 bridgehead atoms. The molecule has 0 spiro atoms. The highest BCUT2D eigenvalue weighted by molar-refractivity contribution is 7.89. The molecule has 1 aromatic rings. The minimum Gasteiger partial charge on any atom is -0.389 e. The zero-order valence-corrected chi connectivity index (χ0v) is 12.2. The van der Waals surface area contributed by atoms with E-state index < -0.39 is 21.4 Å². The van der Waals surface area contributed by atoms with Gasteiger partial charge in [0.05, 0.1) is 16.1 Å². The molecule has 0 radical (unpaired) electrons. The third kappa shape index (κ3) is 4.27. The first-order chi connectivity index (χ1) is 9.22. The van der Waals surface area contributed by atoms with Crippen LogP contribution in [0.25, 0.3) is 0 Å². The molecule has 0 aliphatic rings. The lowest BCUT2D eigenvalue weighted by molar-refractivity contribution is 0.0554. The van der Waals surface area contributed by atoms with Gasteiger partial charge in [-0.2, -0.15) is 5.26 Å². The molecule has 1 unspecified atom stereocenters. The lowest BCUT2D eigenvalue weighted by atomic mass is 10.0. The Hall–Kier alpha value is -1.49. The second-order valence-corrected chi connectivity index (χ2v) is 6.59. The molecule has 2 N–H and O–H groups in total. The molecule has 1 rings (SSSR count). The standard InChI is InChI=1S/C13H17FN2O3S/c1-3-6-13(2,17)9-16-20(18,19)11-4-5-12(14)10(7-11)8-15/h4-5,7,16-17H,3,6,9H2,1-2H3. The topological polar surface area (TPSA) is 90.2 Å². The molecule has 0 aliphatic heterocycles. The molecule has 0 saturated carbocycles. The van der Waals surface area contributed by atoms with Crippen LogP contribution < -0.4 is 4.72 Å². The van der Waals surface area contributed by atoms with E-state index in [4.69, 9.17) is 5.26 Å². The summed E-state index contributed by atoms with van der Waals surface area (Å²) in [5, 5.41) is 18.6. The molecular formula is C13H17FN2O3S. The van der Waals surface area contributed by atoms with Gasteiger partial charge in [-0.05, 0) is 31.5 Å². The largest absolute Gasteiger partial charge is 0.389 e. The van der Waals surface area contributed by atoms with Gasteiger partial charge in [0.25, 0.3) is 0 Å². The Bertz CT molecular complexity index is 621. The van der Waals surface area contributed by atoms with E-state index >= 15 is 0 Å². The fourth-order valence-corrected chi connectivity index (χ4v) is 2.91. The van der Waals surface area contributed by atoms with Crippen LogP contribution in [0.3, 0.4) is 0 Å². The summed E-state index contributed by atoms with van der Waals surface area (Å²) in [5.74, 6) is -0.774. The third-order valence-corrected chi connectivity index (χ3v) is 4.20. The van der Waals surface area contributed by atoms with Gasteiger partial charge in [-0.1, -0.05) is 13.3 Å². The van der Waals surface area contributed by atoms with Crippen LogP contribution in [-0.2, 0) is 10.0 Å². The smallest absolute Gasteiger partial charge is 0.240 e. The summed E-state index contributed by atoms with van der Waals surface area (Å²) in [4.78, 5) is -0.206. The Morgan fingerprint density at radius 3 is 2.70 bits per heavy atom. The molecule has 0 amide bonds. The zero-order valence-electron chi connectivity index (χ0n) is 11.4. The van der Waals surface area contributed by atoms with E-state index in [9.17, 15) is 17.9 Å². The summed E-state index contributed by atoms with van der Waals surface area (Å²) in [6.45, 7) is 3.26. The van der Waals surface area contributed by atoms with Gasteiger partial charge in [-0.3, -0.25) is 0 Å². The highest BCUT2D eigenvalue weighted by atomic mass is 32.2. The zero-order chi connectivity index (χ0) is 15.4. The van der Waals surface area contributed by atoms with E-state index in [2.05, 4.69) is 4.72 Å². The van der Waals surface area contributed by atoms with Crippen molar-refractivity contribution in [2.45, 2.75) is 37.2 Å². The Balaban J connectivity index is 2.93. The Kier molecular flexibility index (Phi) is 5.22. The van der Waals surface area contributed by atoms with Crippen LogP contribution in [0.1, 0.15) is 32.3 Å². The van der Waals surface area contributed by atoms with Crippen molar-refractivity contribution < 1.29 is 17.9 Å². The van der Waals surface area contributed by atoms with Gasteiger partial charge in [0.15, 0.2) is 0 Å². The fraction of sp³-hybridized carbons (Fsp3) is 0.462. The first kappa shape index (κ1) is 16.6. The summed E-state index contributed by atoms with van der Waals surface area (Å²) in [7, 11) is -3.89. The van der Waals surface area contributed by atoms with E-state index in [1.54, 1.807) is 6.07 Å². The number of halogens is 1. The predicted molar refractivity (Wildman–Crippen MR) is 71.8 cm³/mol. The molecule has 0 aromatic heterocycles. The van der Waals surface area contributed by atoms with Crippen LogP contribution in [0, 0.1) is 17.1 Å². The monoisotopic (exact) mass is 300 g/mol. The van der Waals surface area contributed by atoms with Crippen molar-refractivity contribution in [3.8, 4) is 6.07 Å². The van der Waals surface area contributed by atoms with E-state index in [-0.39, 0.29) is 17.0 Å². The first-order valence-corrected chi connectivity index (χ1v) is 7.62. The summed E-state index contributed by atoms with van der Waals surface area (Å²) in [5.41, 5.74) is -1.49. The molecule has 5 nitrogen and oxygen atoms in total. The number of nitrogens with one attached hydrogen (secondary N) is 1. The van der Waals surface area contributed by atoms with Crippen molar-refractivity contribution >= 4 is 10.0 Å². The van der Waals surface area contributed by atoms with E-state index in [0.29, 0.717) is 12.8 Å². The average molecular weight is 300 g/mol. The number of hydrogen-bond acceptors (Lipinski definition) is 4. The Morgan fingerprint density at radius 1 is 1.50 bits per heavy atom. The number of hydrogen-bond donors (Lipinski definition) is 2. The molecule has 0 aliphatic carbocycles. The minimum absolute atomic E-state index is 0.150. The number of aliphatic hydroxyl groups is 1. The first-order valence-electron chi connectivity index (χ1n) is 6.13. The molecular weight excluding hydrogens is 283 g/mol. The number of nitrogens with zero attached hydrogens (tertiary/aromatic N) is 1. The van der Waals surface area contributed by atoms with Gasteiger partial charge in [0, 0.05) is 6.54 Å². The summed E-state index contributed by atoms with van der Waals surface area (Å²) in [6.07, 6.45) is 1.16. The molecule has 0 fully saturated rings. The van der Waals surface area contributed by atoms with Crippen LogP contribution in [-0.4, -0.2) is 25.7 Å². The van der Waals surface area contributed by atoms with Crippen molar-refractivity contribution in [1.29, 1.82) is 5.26 Å². The lowest BCUT2D eigenvalue weighted by Gasteiger charge is -2.22. The number of benzene rings is 1. The van der Waals surface area contributed by atoms with E-state index in [0.717, 1.165) is 18.2 Å². The van der Waals surface area contributed by atoms with Gasteiger partial charge >= 0.3 is 0 Å². The van der Waals surface area contributed by atoms with Crippen molar-refractivity contribution in [2.24, 2.45) is 0 Å². The maximum Gasteiger partial charge on any atom is 0.240 e. The molecule has 7 heteroatoms. The highest BCUT2D eigenvalue weighted by Gasteiger charge is 2.23. The number of nitriles is 1. The van der Waals surface area contributed by atoms with Crippen LogP contribution in [0.2, 0.25) is 0 Å². The molecule has 1 aromatic carbocycles. The minimum atomic E-state index is -3.89. The van der Waals surface area contributed by atoms with Crippen molar-refractivity contribution in [3.63, 3.8) is 0 Å². The Labute approximate surface area is 118 Å². The van der Waals surface area contributed by atoms with Gasteiger partial charge in [0.2, 0.25) is 10.0 Å². The molecule has 110 valence electrons. The van der Waals surface area contributed by atoms with E-state index in [1.165, 1.54) is 6.92 Å². The average Bonchev–Trinajstić information content (AvgIpc) is 2.37. The normalized spacial score (nSPS) is 14.6. The molecule has 20 heavy (non-hydrogen) atoms. The van der Waals surface area contributed by atoms with Crippen LogP contribution in [0.15, 0.2) is 23.1 Å². The van der Waals surface area contributed by atoms with Crippen LogP contribution in [0.5, 0.6) is 0 Å². The summed E-state index contributed by atoms with van der Waals surface area (Å²) in [6, 6.07) is 4.55. The van der Waals surface area contributed by atoms with Crippen LogP contribution >= 0.6 is 0 Å². The molecule has 0 heterocycles. The SMILES string of the molecule is CCCC(C)(O)CNS(=O)(=O)c1ccc(F)c(C#N)c1. The van der Waals surface area contributed by atoms with Gasteiger partial charge in [-0.25, -0.2) is 17.5 Å².